The van der Waals surface area contributed by atoms with Crippen molar-refractivity contribution in [3.8, 4) is 0 Å². The van der Waals surface area contributed by atoms with Crippen LogP contribution >= 0.6 is 28.1 Å². The molecule has 1 aliphatic carbocycles. The third-order valence-corrected chi connectivity index (χ3v) is 4.71. The summed E-state index contributed by atoms with van der Waals surface area (Å²) in [6, 6.07) is 15.3. The van der Waals surface area contributed by atoms with E-state index in [9.17, 15) is 4.79 Å². The van der Waals surface area contributed by atoms with Crippen LogP contribution in [0.4, 0.5) is 0 Å². The molecule has 2 N–H and O–H groups in total. The van der Waals surface area contributed by atoms with Crippen LogP contribution in [0.1, 0.15) is 27.5 Å². The van der Waals surface area contributed by atoms with E-state index < -0.39 is 0 Å². The first-order valence-corrected chi connectivity index (χ1v) is 8.06. The third kappa shape index (κ3) is 2.01. The van der Waals surface area contributed by atoms with Crippen LogP contribution in [0.5, 0.6) is 0 Å². The number of ketones is 1. The standard InChI is InChI=1S/C17H11BrN2OS/c18-10-7-5-9(6-8-10)14-13-15(20-17(22)19-14)11-3-1-2-4-12(11)16(13)21/h1-8,14H,(H2,19,20,22)/t14-/m0/s1. The number of halogens is 1. The number of nitrogens with one attached hydrogen (secondary N) is 2. The van der Waals surface area contributed by atoms with Gasteiger partial charge in [-0.25, -0.2) is 0 Å². The van der Waals surface area contributed by atoms with Crippen molar-refractivity contribution in [3.05, 3.63) is 75.3 Å². The molecule has 2 aromatic carbocycles. The van der Waals surface area contributed by atoms with Gasteiger partial charge in [0.25, 0.3) is 0 Å². The Morgan fingerprint density at radius 3 is 2.41 bits per heavy atom. The molecule has 0 spiro atoms. The molecule has 0 amide bonds. The van der Waals surface area contributed by atoms with Crippen LogP contribution in [0.15, 0.2) is 58.6 Å². The molecule has 0 saturated carbocycles. The Morgan fingerprint density at radius 1 is 1.00 bits per heavy atom. The Labute approximate surface area is 141 Å². The number of hydrogen-bond acceptors (Lipinski definition) is 2. The molecule has 108 valence electrons. The molecule has 1 atom stereocenters. The van der Waals surface area contributed by atoms with Gasteiger partial charge in [0, 0.05) is 15.6 Å². The summed E-state index contributed by atoms with van der Waals surface area (Å²) in [5.41, 5.74) is 4.23. The van der Waals surface area contributed by atoms with Crippen LogP contribution in [-0.4, -0.2) is 10.9 Å². The normalized spacial score (nSPS) is 19.4. The van der Waals surface area contributed by atoms with Gasteiger partial charge in [-0.3, -0.25) is 4.79 Å². The summed E-state index contributed by atoms with van der Waals surface area (Å²) >= 11 is 8.76. The van der Waals surface area contributed by atoms with E-state index in [2.05, 4.69) is 26.6 Å². The van der Waals surface area contributed by atoms with Gasteiger partial charge in [0.2, 0.25) is 0 Å². The summed E-state index contributed by atoms with van der Waals surface area (Å²) in [6.45, 7) is 0. The Hall–Kier alpha value is -1.98. The molecule has 0 saturated heterocycles. The third-order valence-electron chi connectivity index (χ3n) is 3.96. The predicted octanol–water partition coefficient (Wildman–Crippen LogP) is 3.58. The fourth-order valence-electron chi connectivity index (χ4n) is 2.97. The van der Waals surface area contributed by atoms with E-state index in [1.165, 1.54) is 0 Å². The number of benzene rings is 2. The molecule has 5 heteroatoms. The van der Waals surface area contributed by atoms with Crippen molar-refractivity contribution in [2.75, 3.05) is 0 Å². The fraction of sp³-hybridized carbons (Fsp3) is 0.0588. The molecular formula is C17H11BrN2OS. The molecule has 2 aliphatic rings. The fourth-order valence-corrected chi connectivity index (χ4v) is 3.46. The van der Waals surface area contributed by atoms with Crippen molar-refractivity contribution in [2.45, 2.75) is 6.04 Å². The number of carbonyl (C=O) groups is 1. The summed E-state index contributed by atoms with van der Waals surface area (Å²) in [5.74, 6) is 0.0565. The summed E-state index contributed by atoms with van der Waals surface area (Å²) in [7, 11) is 0. The second kappa shape index (κ2) is 5.04. The van der Waals surface area contributed by atoms with Gasteiger partial charge in [0.15, 0.2) is 10.9 Å². The van der Waals surface area contributed by atoms with Gasteiger partial charge in [-0.2, -0.15) is 0 Å². The number of fused-ring (bicyclic) bond motifs is 2. The van der Waals surface area contributed by atoms with E-state index in [4.69, 9.17) is 12.2 Å². The minimum atomic E-state index is -0.225. The molecule has 3 nitrogen and oxygen atoms in total. The highest BCUT2D eigenvalue weighted by Crippen LogP contribution is 2.39. The summed E-state index contributed by atoms with van der Waals surface area (Å²) < 4.78 is 1.00. The summed E-state index contributed by atoms with van der Waals surface area (Å²) in [6.07, 6.45) is 0. The second-order valence-electron chi connectivity index (χ2n) is 5.25. The first-order valence-electron chi connectivity index (χ1n) is 6.86. The van der Waals surface area contributed by atoms with Crippen molar-refractivity contribution < 1.29 is 4.79 Å². The Kier molecular flexibility index (Phi) is 3.13. The van der Waals surface area contributed by atoms with Crippen LogP contribution < -0.4 is 10.6 Å². The van der Waals surface area contributed by atoms with Crippen LogP contribution in [0.2, 0.25) is 0 Å². The van der Waals surface area contributed by atoms with Gasteiger partial charge in [-0.1, -0.05) is 52.3 Å². The molecule has 2 aromatic rings. The Bertz CT molecular complexity index is 842. The maximum absolute atomic E-state index is 12.8. The van der Waals surface area contributed by atoms with Gasteiger partial charge >= 0.3 is 0 Å². The maximum atomic E-state index is 12.8. The highest BCUT2D eigenvalue weighted by Gasteiger charge is 2.38. The number of thiocarbonyl (C=S) groups is 1. The molecule has 0 bridgehead atoms. The predicted molar refractivity (Wildman–Crippen MR) is 93.4 cm³/mol. The summed E-state index contributed by atoms with van der Waals surface area (Å²) in [5, 5.41) is 6.90. The summed E-state index contributed by atoms with van der Waals surface area (Å²) in [4.78, 5) is 12.8. The molecule has 0 aromatic heterocycles. The van der Waals surface area contributed by atoms with E-state index in [-0.39, 0.29) is 11.8 Å². The molecule has 0 radical (unpaired) electrons. The molecule has 4 rings (SSSR count). The van der Waals surface area contributed by atoms with Gasteiger partial charge in [0.1, 0.15) is 0 Å². The maximum Gasteiger partial charge on any atom is 0.194 e. The highest BCUT2D eigenvalue weighted by molar-refractivity contribution is 9.10. The van der Waals surface area contributed by atoms with Crippen molar-refractivity contribution >= 4 is 44.7 Å². The lowest BCUT2D eigenvalue weighted by Crippen LogP contribution is -2.43. The van der Waals surface area contributed by atoms with Gasteiger partial charge in [-0.05, 0) is 29.9 Å². The van der Waals surface area contributed by atoms with Gasteiger partial charge in [-0.15, -0.1) is 0 Å². The van der Waals surface area contributed by atoms with Crippen molar-refractivity contribution in [1.29, 1.82) is 0 Å². The lowest BCUT2D eigenvalue weighted by molar-refractivity contribution is 0.103. The second-order valence-corrected chi connectivity index (χ2v) is 6.57. The lowest BCUT2D eigenvalue weighted by atomic mass is 9.94. The van der Waals surface area contributed by atoms with Crippen LogP contribution in [0, 0.1) is 0 Å². The first kappa shape index (κ1) is 13.7. The number of hydrogen-bond donors (Lipinski definition) is 2. The van der Waals surface area contributed by atoms with E-state index in [1.807, 2.05) is 48.5 Å². The zero-order valence-corrected chi connectivity index (χ0v) is 13.8. The molecule has 1 aliphatic heterocycles. The first-order chi connectivity index (χ1) is 10.6. The van der Waals surface area contributed by atoms with Crippen LogP contribution in [-0.2, 0) is 0 Å². The topological polar surface area (TPSA) is 41.1 Å². The van der Waals surface area contributed by atoms with E-state index in [0.717, 1.165) is 32.4 Å². The number of carbonyl (C=O) groups excluding carboxylic acids is 1. The van der Waals surface area contributed by atoms with Crippen molar-refractivity contribution in [3.63, 3.8) is 0 Å². The smallest absolute Gasteiger partial charge is 0.194 e. The molecule has 0 fully saturated rings. The zero-order valence-electron chi connectivity index (χ0n) is 11.4. The van der Waals surface area contributed by atoms with E-state index in [0.29, 0.717) is 5.11 Å². The Balaban J connectivity index is 1.88. The lowest BCUT2D eigenvalue weighted by Gasteiger charge is -2.28. The minimum absolute atomic E-state index is 0.0565. The number of Topliss-reactive ketones (excluding diaryl/α,β-unsaturated/α-hetero) is 1. The SMILES string of the molecule is O=C1C2=C(NC(=S)N[C@H]2c2ccc(Br)cc2)c2ccccc21. The quantitative estimate of drug-likeness (QED) is 0.752. The average Bonchev–Trinajstić information content (AvgIpc) is 2.81. The molecule has 1 heterocycles. The van der Waals surface area contributed by atoms with E-state index >= 15 is 0 Å². The monoisotopic (exact) mass is 370 g/mol. The highest BCUT2D eigenvalue weighted by atomic mass is 79.9. The minimum Gasteiger partial charge on any atom is -0.351 e. The molecular weight excluding hydrogens is 360 g/mol. The zero-order chi connectivity index (χ0) is 15.3. The average molecular weight is 371 g/mol. The van der Waals surface area contributed by atoms with Gasteiger partial charge in [0.05, 0.1) is 17.3 Å². The Morgan fingerprint density at radius 2 is 1.68 bits per heavy atom. The van der Waals surface area contributed by atoms with Gasteiger partial charge < -0.3 is 10.6 Å². The molecule has 0 unspecified atom stereocenters. The van der Waals surface area contributed by atoms with Crippen LogP contribution in [0.25, 0.3) is 5.70 Å². The number of rotatable bonds is 1. The largest absolute Gasteiger partial charge is 0.351 e. The van der Waals surface area contributed by atoms with E-state index in [1.54, 1.807) is 0 Å². The van der Waals surface area contributed by atoms with Crippen molar-refractivity contribution in [1.82, 2.24) is 10.6 Å². The molecule has 22 heavy (non-hydrogen) atoms. The van der Waals surface area contributed by atoms with Crippen molar-refractivity contribution in [2.24, 2.45) is 0 Å². The van der Waals surface area contributed by atoms with Crippen LogP contribution in [0.3, 0.4) is 0 Å².